The van der Waals surface area contributed by atoms with E-state index in [1.807, 2.05) is 37.3 Å². The molecule has 2 rings (SSSR count). The van der Waals surface area contributed by atoms with Crippen molar-refractivity contribution in [3.63, 3.8) is 0 Å². The van der Waals surface area contributed by atoms with E-state index in [0.717, 1.165) is 28.1 Å². The van der Waals surface area contributed by atoms with Gasteiger partial charge in [-0.2, -0.15) is 0 Å². The predicted molar refractivity (Wildman–Crippen MR) is 79.4 cm³/mol. The Labute approximate surface area is 107 Å². The van der Waals surface area contributed by atoms with Gasteiger partial charge in [0.05, 0.1) is 17.1 Å². The summed E-state index contributed by atoms with van der Waals surface area (Å²) in [4.78, 5) is 0. The quantitative estimate of drug-likeness (QED) is 0.609. The maximum absolute atomic E-state index is 6.03. The number of nitrogens with two attached hydrogens (primary N) is 3. The minimum Gasteiger partial charge on any atom is -0.398 e. The summed E-state index contributed by atoms with van der Waals surface area (Å²) >= 11 is 0. The molecule has 0 atom stereocenters. The van der Waals surface area contributed by atoms with Gasteiger partial charge in [0.25, 0.3) is 0 Å². The zero-order chi connectivity index (χ0) is 13.3. The Balaban J connectivity index is 2.58. The van der Waals surface area contributed by atoms with Crippen LogP contribution in [0.4, 0.5) is 22.7 Å². The number of aryl methyl sites for hydroxylation is 1. The smallest absolute Gasteiger partial charge is 0.0805 e. The summed E-state index contributed by atoms with van der Waals surface area (Å²) in [5.74, 6) is 0. The van der Waals surface area contributed by atoms with Crippen LogP contribution in [-0.2, 0) is 0 Å². The van der Waals surface area contributed by atoms with Crippen molar-refractivity contribution in [2.75, 3.05) is 29.6 Å². The van der Waals surface area contributed by atoms with Crippen LogP contribution in [-0.4, -0.2) is 7.05 Å². The Morgan fingerprint density at radius 1 is 0.889 bits per heavy atom. The normalized spacial score (nSPS) is 10.3. The maximum atomic E-state index is 6.03. The van der Waals surface area contributed by atoms with E-state index in [1.54, 1.807) is 7.05 Å². The molecular formula is C14H18N4. The lowest BCUT2D eigenvalue weighted by atomic mass is 10.00. The van der Waals surface area contributed by atoms with Gasteiger partial charge in [0.1, 0.15) is 0 Å². The van der Waals surface area contributed by atoms with Crippen molar-refractivity contribution in [3.8, 4) is 11.1 Å². The lowest BCUT2D eigenvalue weighted by molar-refractivity contribution is 1.46. The lowest BCUT2D eigenvalue weighted by Crippen LogP contribution is -2.01. The second-order valence-electron chi connectivity index (χ2n) is 4.37. The molecular weight excluding hydrogens is 224 g/mol. The Morgan fingerprint density at radius 2 is 1.50 bits per heavy atom. The molecule has 0 fully saturated rings. The zero-order valence-electron chi connectivity index (χ0n) is 10.6. The Kier molecular flexibility index (Phi) is 3.02. The molecule has 7 N–H and O–H groups in total. The minimum absolute atomic E-state index is 0.618. The van der Waals surface area contributed by atoms with Crippen LogP contribution in [0.5, 0.6) is 0 Å². The first-order valence-corrected chi connectivity index (χ1v) is 5.76. The van der Waals surface area contributed by atoms with Crippen LogP contribution in [0, 0.1) is 6.92 Å². The van der Waals surface area contributed by atoms with Gasteiger partial charge in [-0.1, -0.05) is 12.1 Å². The van der Waals surface area contributed by atoms with E-state index in [2.05, 4.69) is 5.32 Å². The second-order valence-corrected chi connectivity index (χ2v) is 4.37. The Hall–Kier alpha value is -2.36. The molecule has 4 nitrogen and oxygen atoms in total. The molecule has 0 saturated carbocycles. The summed E-state index contributed by atoms with van der Waals surface area (Å²) < 4.78 is 0. The fourth-order valence-electron chi connectivity index (χ4n) is 2.08. The van der Waals surface area contributed by atoms with E-state index in [1.165, 1.54) is 0 Å². The van der Waals surface area contributed by atoms with Crippen LogP contribution < -0.4 is 22.5 Å². The highest BCUT2D eigenvalue weighted by Crippen LogP contribution is 2.35. The SMILES string of the molecule is CNc1c(N)cc(-c2ccc(C)cc2N)cc1N. The van der Waals surface area contributed by atoms with Gasteiger partial charge in [0, 0.05) is 18.3 Å². The van der Waals surface area contributed by atoms with Crippen molar-refractivity contribution in [2.45, 2.75) is 6.92 Å². The number of nitrogens with one attached hydrogen (secondary N) is 1. The van der Waals surface area contributed by atoms with E-state index >= 15 is 0 Å². The first-order valence-electron chi connectivity index (χ1n) is 5.76. The van der Waals surface area contributed by atoms with Gasteiger partial charge in [-0.05, 0) is 36.2 Å². The molecule has 0 aliphatic rings. The van der Waals surface area contributed by atoms with Crippen LogP contribution in [0.2, 0.25) is 0 Å². The number of nitrogen functional groups attached to an aromatic ring is 3. The number of hydrogen-bond acceptors (Lipinski definition) is 4. The van der Waals surface area contributed by atoms with Gasteiger partial charge in [-0.3, -0.25) is 0 Å². The molecule has 0 aromatic heterocycles. The summed E-state index contributed by atoms with van der Waals surface area (Å²) in [5, 5.41) is 2.98. The van der Waals surface area contributed by atoms with E-state index in [4.69, 9.17) is 17.2 Å². The fraction of sp³-hybridized carbons (Fsp3) is 0.143. The van der Waals surface area contributed by atoms with E-state index in [-0.39, 0.29) is 0 Å². The van der Waals surface area contributed by atoms with Crippen molar-refractivity contribution in [1.82, 2.24) is 0 Å². The average molecular weight is 242 g/mol. The highest BCUT2D eigenvalue weighted by Gasteiger charge is 2.08. The van der Waals surface area contributed by atoms with Crippen LogP contribution in [0.25, 0.3) is 11.1 Å². The number of benzene rings is 2. The summed E-state index contributed by atoms with van der Waals surface area (Å²) in [6, 6.07) is 9.70. The maximum Gasteiger partial charge on any atom is 0.0805 e. The number of rotatable bonds is 2. The van der Waals surface area contributed by atoms with Gasteiger partial charge in [-0.25, -0.2) is 0 Å². The molecule has 0 radical (unpaired) electrons. The molecule has 2 aromatic rings. The molecule has 94 valence electrons. The summed E-state index contributed by atoms with van der Waals surface area (Å²) in [5.41, 5.74) is 23.7. The third kappa shape index (κ3) is 2.05. The van der Waals surface area contributed by atoms with Crippen molar-refractivity contribution in [2.24, 2.45) is 0 Å². The second kappa shape index (κ2) is 4.49. The van der Waals surface area contributed by atoms with E-state index in [9.17, 15) is 0 Å². The number of hydrogen-bond donors (Lipinski definition) is 4. The molecule has 0 aliphatic heterocycles. The van der Waals surface area contributed by atoms with Crippen LogP contribution >= 0.6 is 0 Å². The van der Waals surface area contributed by atoms with Crippen LogP contribution in [0.3, 0.4) is 0 Å². The van der Waals surface area contributed by atoms with Crippen molar-refractivity contribution in [3.05, 3.63) is 35.9 Å². The molecule has 0 bridgehead atoms. The van der Waals surface area contributed by atoms with Gasteiger partial charge < -0.3 is 22.5 Å². The van der Waals surface area contributed by atoms with Crippen LogP contribution in [0.15, 0.2) is 30.3 Å². The molecule has 18 heavy (non-hydrogen) atoms. The molecule has 0 unspecified atom stereocenters. The molecule has 0 spiro atoms. The fourth-order valence-corrected chi connectivity index (χ4v) is 2.08. The van der Waals surface area contributed by atoms with Gasteiger partial charge in [-0.15, -0.1) is 0 Å². The molecule has 0 saturated heterocycles. The first kappa shape index (κ1) is 12.1. The molecule has 0 heterocycles. The third-order valence-electron chi connectivity index (χ3n) is 2.97. The monoisotopic (exact) mass is 242 g/mol. The summed E-state index contributed by atoms with van der Waals surface area (Å²) in [6.07, 6.45) is 0. The summed E-state index contributed by atoms with van der Waals surface area (Å²) in [6.45, 7) is 2.01. The Morgan fingerprint density at radius 3 is 2.00 bits per heavy atom. The molecule has 2 aromatic carbocycles. The highest BCUT2D eigenvalue weighted by molar-refractivity contribution is 5.88. The molecule has 0 aliphatic carbocycles. The van der Waals surface area contributed by atoms with Crippen molar-refractivity contribution in [1.29, 1.82) is 0 Å². The van der Waals surface area contributed by atoms with E-state index in [0.29, 0.717) is 11.4 Å². The van der Waals surface area contributed by atoms with Gasteiger partial charge in [0.15, 0.2) is 0 Å². The minimum atomic E-state index is 0.618. The van der Waals surface area contributed by atoms with E-state index < -0.39 is 0 Å². The largest absolute Gasteiger partial charge is 0.398 e. The summed E-state index contributed by atoms with van der Waals surface area (Å²) in [7, 11) is 1.79. The lowest BCUT2D eigenvalue weighted by Gasteiger charge is -2.13. The van der Waals surface area contributed by atoms with Gasteiger partial charge >= 0.3 is 0 Å². The number of anilines is 4. The topological polar surface area (TPSA) is 90.1 Å². The highest BCUT2D eigenvalue weighted by atomic mass is 14.9. The molecule has 4 heteroatoms. The van der Waals surface area contributed by atoms with Crippen LogP contribution in [0.1, 0.15) is 5.56 Å². The average Bonchev–Trinajstić information content (AvgIpc) is 2.28. The Bertz CT molecular complexity index is 567. The van der Waals surface area contributed by atoms with Crippen molar-refractivity contribution >= 4 is 22.7 Å². The third-order valence-corrected chi connectivity index (χ3v) is 2.97. The zero-order valence-corrected chi connectivity index (χ0v) is 10.6. The molecule has 0 amide bonds. The standard InChI is InChI=1S/C14H18N4/c1-8-3-4-10(11(15)5-8)9-6-12(16)14(18-2)13(17)7-9/h3-7,18H,15-17H2,1-2H3. The van der Waals surface area contributed by atoms with Gasteiger partial charge in [0.2, 0.25) is 0 Å². The predicted octanol–water partition coefficient (Wildman–Crippen LogP) is 2.45. The first-order chi connectivity index (χ1) is 8.52. The van der Waals surface area contributed by atoms with Crippen molar-refractivity contribution < 1.29 is 0 Å².